The first kappa shape index (κ1) is 20.0. The molecule has 0 atom stereocenters. The molecule has 1 rings (SSSR count). The molecule has 1 heterocycles. The van der Waals surface area contributed by atoms with Gasteiger partial charge in [-0.15, -0.1) is 11.8 Å². The molecule has 1 amide bonds. The molecular weight excluding hydrogens is 334 g/mol. The molecule has 0 bridgehead atoms. The van der Waals surface area contributed by atoms with Gasteiger partial charge in [-0.3, -0.25) is 0 Å². The molecule has 0 radical (unpaired) electrons. The van der Waals surface area contributed by atoms with Crippen molar-refractivity contribution >= 4 is 23.8 Å². The van der Waals surface area contributed by atoms with Crippen molar-refractivity contribution in [2.24, 2.45) is 0 Å². The summed E-state index contributed by atoms with van der Waals surface area (Å²) in [5.41, 5.74) is -0.399. The van der Waals surface area contributed by atoms with E-state index >= 15 is 0 Å². The summed E-state index contributed by atoms with van der Waals surface area (Å²) in [5.74, 6) is -0.0257. The monoisotopic (exact) mass is 357 g/mol. The molecule has 0 spiro atoms. The highest BCUT2D eigenvalue weighted by atomic mass is 32.2. The number of carbonyl (C=O) groups is 2. The number of hydrogen-bond donors (Lipinski definition) is 1. The lowest BCUT2D eigenvalue weighted by molar-refractivity contribution is 0.0508. The number of rotatable bonds is 7. The summed E-state index contributed by atoms with van der Waals surface area (Å²) in [6.07, 6.45) is 1.01. The van der Waals surface area contributed by atoms with Crippen molar-refractivity contribution in [1.29, 1.82) is 0 Å². The van der Waals surface area contributed by atoms with Gasteiger partial charge in [0.1, 0.15) is 5.60 Å². The number of carbonyl (C=O) groups excluding carboxylic acids is 2. The predicted molar refractivity (Wildman–Crippen MR) is 89.5 cm³/mol. The van der Waals surface area contributed by atoms with Gasteiger partial charge in [-0.1, -0.05) is 0 Å². The first-order valence-corrected chi connectivity index (χ1v) is 8.43. The summed E-state index contributed by atoms with van der Waals surface area (Å²) in [6, 6.07) is 0.0919. The van der Waals surface area contributed by atoms with E-state index in [0.717, 1.165) is 0 Å². The van der Waals surface area contributed by atoms with Crippen LogP contribution in [0.1, 0.15) is 38.2 Å². The van der Waals surface area contributed by atoms with Gasteiger partial charge < -0.3 is 19.5 Å². The number of methoxy groups -OCH3 is 1. The molecule has 0 aliphatic rings. The summed E-state index contributed by atoms with van der Waals surface area (Å²) in [5, 5.41) is 2.64. The van der Waals surface area contributed by atoms with Gasteiger partial charge in [0.05, 0.1) is 18.6 Å². The highest BCUT2D eigenvalue weighted by Crippen LogP contribution is 2.22. The molecule has 8 nitrogen and oxygen atoms in total. The van der Waals surface area contributed by atoms with Crippen LogP contribution in [0.5, 0.6) is 6.01 Å². The predicted octanol–water partition coefficient (Wildman–Crippen LogP) is 2.28. The van der Waals surface area contributed by atoms with Gasteiger partial charge in [0, 0.05) is 18.5 Å². The third kappa shape index (κ3) is 7.03. The molecule has 0 aliphatic heterocycles. The van der Waals surface area contributed by atoms with E-state index in [2.05, 4.69) is 15.3 Å². The van der Waals surface area contributed by atoms with Crippen molar-refractivity contribution in [3.63, 3.8) is 0 Å². The van der Waals surface area contributed by atoms with E-state index in [1.54, 1.807) is 27.7 Å². The molecule has 1 N–H and O–H groups in total. The molecule has 0 fully saturated rings. The number of esters is 1. The SMILES string of the molecule is CCOC(=O)c1nc(OC)ncc1SCCNC(=O)OC(C)(C)C. The van der Waals surface area contributed by atoms with Crippen LogP contribution < -0.4 is 10.1 Å². The highest BCUT2D eigenvalue weighted by molar-refractivity contribution is 7.99. The van der Waals surface area contributed by atoms with Crippen LogP contribution in [0.2, 0.25) is 0 Å². The van der Waals surface area contributed by atoms with E-state index in [-0.39, 0.29) is 18.3 Å². The van der Waals surface area contributed by atoms with Gasteiger partial charge >= 0.3 is 18.1 Å². The Balaban J connectivity index is 2.61. The van der Waals surface area contributed by atoms with E-state index in [1.807, 2.05) is 0 Å². The average Bonchev–Trinajstić information content (AvgIpc) is 2.50. The molecule has 9 heteroatoms. The van der Waals surface area contributed by atoms with E-state index in [0.29, 0.717) is 17.2 Å². The van der Waals surface area contributed by atoms with Crippen LogP contribution in [0.4, 0.5) is 4.79 Å². The Labute approximate surface area is 145 Å². The second-order valence-corrected chi connectivity index (χ2v) is 6.70. The summed E-state index contributed by atoms with van der Waals surface area (Å²) in [4.78, 5) is 32.1. The van der Waals surface area contributed by atoms with Crippen molar-refractivity contribution in [3.05, 3.63) is 11.9 Å². The summed E-state index contributed by atoms with van der Waals surface area (Å²) >= 11 is 1.33. The third-order valence-corrected chi connectivity index (χ3v) is 3.43. The lowest BCUT2D eigenvalue weighted by Crippen LogP contribution is -2.33. The molecule has 0 aliphatic carbocycles. The maximum atomic E-state index is 12.0. The molecule has 1 aromatic rings. The second-order valence-electron chi connectivity index (χ2n) is 5.57. The Kier molecular flexibility index (Phi) is 7.76. The first-order chi connectivity index (χ1) is 11.3. The zero-order valence-electron chi connectivity index (χ0n) is 14.5. The standard InChI is InChI=1S/C15H23N3O5S/c1-6-22-12(19)11-10(9-17-13(18-11)21-5)24-8-7-16-14(20)23-15(2,3)4/h9H,6-8H2,1-5H3,(H,16,20). The maximum Gasteiger partial charge on any atom is 0.407 e. The molecule has 1 aromatic heterocycles. The summed E-state index contributed by atoms with van der Waals surface area (Å²) < 4.78 is 15.0. The van der Waals surface area contributed by atoms with Gasteiger partial charge in [0.15, 0.2) is 5.69 Å². The molecule has 0 saturated carbocycles. The van der Waals surface area contributed by atoms with Gasteiger partial charge in [0.25, 0.3) is 0 Å². The minimum Gasteiger partial charge on any atom is -0.467 e. The molecule has 0 aromatic carbocycles. The third-order valence-electron chi connectivity index (χ3n) is 2.41. The lowest BCUT2D eigenvalue weighted by atomic mass is 10.2. The smallest absolute Gasteiger partial charge is 0.407 e. The van der Waals surface area contributed by atoms with Crippen molar-refractivity contribution < 1.29 is 23.8 Å². The largest absolute Gasteiger partial charge is 0.467 e. The fourth-order valence-corrected chi connectivity index (χ4v) is 2.35. The van der Waals surface area contributed by atoms with Crippen LogP contribution >= 0.6 is 11.8 Å². The van der Waals surface area contributed by atoms with Crippen LogP contribution in [0, 0.1) is 0 Å². The number of hydrogen-bond acceptors (Lipinski definition) is 8. The van der Waals surface area contributed by atoms with Crippen LogP contribution in [-0.4, -0.2) is 53.6 Å². The van der Waals surface area contributed by atoms with E-state index < -0.39 is 17.7 Å². The lowest BCUT2D eigenvalue weighted by Gasteiger charge is -2.19. The van der Waals surface area contributed by atoms with Gasteiger partial charge in [0.2, 0.25) is 0 Å². The molecule has 24 heavy (non-hydrogen) atoms. The Morgan fingerprint density at radius 2 is 2.04 bits per heavy atom. The average molecular weight is 357 g/mol. The topological polar surface area (TPSA) is 99.6 Å². The molecule has 0 saturated heterocycles. The number of nitrogens with zero attached hydrogens (tertiary/aromatic N) is 2. The quantitative estimate of drug-likeness (QED) is 0.451. The fraction of sp³-hybridized carbons (Fsp3) is 0.600. The van der Waals surface area contributed by atoms with Crippen molar-refractivity contribution in [2.75, 3.05) is 26.0 Å². The van der Waals surface area contributed by atoms with E-state index in [4.69, 9.17) is 14.2 Å². The van der Waals surface area contributed by atoms with Gasteiger partial charge in [-0.2, -0.15) is 4.98 Å². The maximum absolute atomic E-state index is 12.0. The Hall–Kier alpha value is -2.03. The number of nitrogens with one attached hydrogen (secondary N) is 1. The minimum atomic E-state index is -0.544. The minimum absolute atomic E-state index is 0.0919. The number of amides is 1. The Morgan fingerprint density at radius 3 is 2.62 bits per heavy atom. The van der Waals surface area contributed by atoms with E-state index in [1.165, 1.54) is 25.1 Å². The van der Waals surface area contributed by atoms with Crippen molar-refractivity contribution in [1.82, 2.24) is 15.3 Å². The Bertz CT molecular complexity index is 575. The van der Waals surface area contributed by atoms with Gasteiger partial charge in [-0.05, 0) is 27.7 Å². The van der Waals surface area contributed by atoms with Crippen LogP contribution in [0.25, 0.3) is 0 Å². The van der Waals surface area contributed by atoms with Gasteiger partial charge in [-0.25, -0.2) is 14.6 Å². The molecule has 0 unspecified atom stereocenters. The van der Waals surface area contributed by atoms with Crippen LogP contribution in [0.3, 0.4) is 0 Å². The van der Waals surface area contributed by atoms with Crippen molar-refractivity contribution in [2.45, 2.75) is 38.2 Å². The summed E-state index contributed by atoms with van der Waals surface area (Å²) in [6.45, 7) is 7.71. The summed E-state index contributed by atoms with van der Waals surface area (Å²) in [7, 11) is 1.42. The number of ether oxygens (including phenoxy) is 3. The molecule has 134 valence electrons. The fourth-order valence-electron chi connectivity index (χ4n) is 1.53. The normalized spacial score (nSPS) is 10.9. The second kappa shape index (κ2) is 9.31. The van der Waals surface area contributed by atoms with Crippen LogP contribution in [-0.2, 0) is 9.47 Å². The number of thioether (sulfide) groups is 1. The first-order valence-electron chi connectivity index (χ1n) is 7.44. The zero-order valence-corrected chi connectivity index (χ0v) is 15.4. The highest BCUT2D eigenvalue weighted by Gasteiger charge is 2.18. The van der Waals surface area contributed by atoms with Crippen molar-refractivity contribution in [3.8, 4) is 6.01 Å². The van der Waals surface area contributed by atoms with E-state index in [9.17, 15) is 9.59 Å². The number of aromatic nitrogens is 2. The van der Waals surface area contributed by atoms with Crippen LogP contribution in [0.15, 0.2) is 11.1 Å². The molecular formula is C15H23N3O5S. The zero-order chi connectivity index (χ0) is 18.2. The Morgan fingerprint density at radius 1 is 1.33 bits per heavy atom. The number of alkyl carbamates (subject to hydrolysis) is 1.